The number of amides is 1. The van der Waals surface area contributed by atoms with Crippen LogP contribution in [0, 0.1) is 25.2 Å². The van der Waals surface area contributed by atoms with Gasteiger partial charge < -0.3 is 14.8 Å². The number of methoxy groups -OCH3 is 1. The van der Waals surface area contributed by atoms with Crippen molar-refractivity contribution in [3.63, 3.8) is 0 Å². The number of carbonyl (C=O) groups excluding carboxylic acids is 1. The molecule has 0 heterocycles. The van der Waals surface area contributed by atoms with E-state index in [1.807, 2.05) is 45.0 Å². The van der Waals surface area contributed by atoms with E-state index in [0.29, 0.717) is 29.4 Å². The number of benzene rings is 2. The maximum absolute atomic E-state index is 12.5. The smallest absolute Gasteiger partial charge is 0.266 e. The molecule has 0 atom stereocenters. The normalized spacial score (nSPS) is 10.8. The van der Waals surface area contributed by atoms with Gasteiger partial charge in [-0.2, -0.15) is 5.26 Å². The first kappa shape index (κ1) is 19.1. The Morgan fingerprint density at radius 3 is 2.62 bits per heavy atom. The Morgan fingerprint density at radius 1 is 1.19 bits per heavy atom. The average molecular weight is 350 g/mol. The van der Waals surface area contributed by atoms with Crippen molar-refractivity contribution < 1.29 is 14.3 Å². The van der Waals surface area contributed by atoms with E-state index in [0.717, 1.165) is 11.1 Å². The van der Waals surface area contributed by atoms with Crippen LogP contribution >= 0.6 is 0 Å². The molecule has 0 fully saturated rings. The lowest BCUT2D eigenvalue weighted by Gasteiger charge is -2.10. The molecule has 0 aliphatic carbocycles. The molecule has 0 saturated heterocycles. The van der Waals surface area contributed by atoms with E-state index in [-0.39, 0.29) is 5.57 Å². The van der Waals surface area contributed by atoms with Gasteiger partial charge in [-0.1, -0.05) is 18.2 Å². The molecule has 5 heteroatoms. The number of anilines is 1. The molecule has 0 aliphatic heterocycles. The fourth-order valence-corrected chi connectivity index (χ4v) is 2.43. The number of hydrogen-bond donors (Lipinski definition) is 1. The summed E-state index contributed by atoms with van der Waals surface area (Å²) in [7, 11) is 1.56. The zero-order valence-electron chi connectivity index (χ0n) is 15.4. The summed E-state index contributed by atoms with van der Waals surface area (Å²) in [5.41, 5.74) is 3.36. The zero-order chi connectivity index (χ0) is 19.1. The second kappa shape index (κ2) is 8.72. The fraction of sp³-hybridized carbons (Fsp3) is 0.238. The monoisotopic (exact) mass is 350 g/mol. The quantitative estimate of drug-likeness (QED) is 0.624. The summed E-state index contributed by atoms with van der Waals surface area (Å²) >= 11 is 0. The molecular formula is C21H22N2O3. The summed E-state index contributed by atoms with van der Waals surface area (Å²) < 4.78 is 10.8. The molecule has 2 rings (SSSR count). The second-order valence-corrected chi connectivity index (χ2v) is 5.79. The molecule has 26 heavy (non-hydrogen) atoms. The highest BCUT2D eigenvalue weighted by Crippen LogP contribution is 2.29. The van der Waals surface area contributed by atoms with Gasteiger partial charge in [0.25, 0.3) is 5.91 Å². The van der Waals surface area contributed by atoms with Crippen LogP contribution in [0.2, 0.25) is 0 Å². The molecule has 1 amide bonds. The van der Waals surface area contributed by atoms with Crippen molar-refractivity contribution in [2.75, 3.05) is 19.0 Å². The number of hydrogen-bond acceptors (Lipinski definition) is 4. The molecule has 134 valence electrons. The van der Waals surface area contributed by atoms with E-state index in [2.05, 4.69) is 5.32 Å². The van der Waals surface area contributed by atoms with Gasteiger partial charge >= 0.3 is 0 Å². The maximum Gasteiger partial charge on any atom is 0.266 e. The van der Waals surface area contributed by atoms with Crippen molar-refractivity contribution in [3.8, 4) is 17.6 Å². The number of nitrogens with zero attached hydrogens (tertiary/aromatic N) is 1. The molecular weight excluding hydrogens is 328 g/mol. The van der Waals surface area contributed by atoms with Gasteiger partial charge in [0.15, 0.2) is 11.5 Å². The number of nitriles is 1. The lowest BCUT2D eigenvalue weighted by atomic mass is 10.1. The van der Waals surface area contributed by atoms with Crippen molar-refractivity contribution in [3.05, 3.63) is 58.7 Å². The Hall–Kier alpha value is -3.26. The van der Waals surface area contributed by atoms with Gasteiger partial charge in [-0.25, -0.2) is 0 Å². The van der Waals surface area contributed by atoms with Crippen LogP contribution < -0.4 is 14.8 Å². The molecule has 5 nitrogen and oxygen atoms in total. The van der Waals surface area contributed by atoms with E-state index in [1.54, 1.807) is 25.3 Å². The van der Waals surface area contributed by atoms with Crippen molar-refractivity contribution >= 4 is 17.7 Å². The van der Waals surface area contributed by atoms with Gasteiger partial charge in [-0.05, 0) is 61.7 Å². The SMILES string of the molecule is CCOc1cc(C=C(C#N)C(=O)Nc2cc(C)ccc2C)ccc1OC. The first-order valence-electron chi connectivity index (χ1n) is 8.29. The lowest BCUT2D eigenvalue weighted by Crippen LogP contribution is -2.14. The Kier molecular flexibility index (Phi) is 6.40. The minimum absolute atomic E-state index is 0.0125. The summed E-state index contributed by atoms with van der Waals surface area (Å²) in [4.78, 5) is 12.5. The van der Waals surface area contributed by atoms with E-state index >= 15 is 0 Å². The van der Waals surface area contributed by atoms with Gasteiger partial charge in [0, 0.05) is 5.69 Å². The van der Waals surface area contributed by atoms with Crippen LogP contribution in [0.5, 0.6) is 11.5 Å². The minimum atomic E-state index is -0.449. The largest absolute Gasteiger partial charge is 0.493 e. The maximum atomic E-state index is 12.5. The molecule has 2 aromatic carbocycles. The van der Waals surface area contributed by atoms with Crippen LogP contribution in [0.25, 0.3) is 6.08 Å². The van der Waals surface area contributed by atoms with Gasteiger partial charge in [-0.3, -0.25) is 4.79 Å². The number of carbonyl (C=O) groups is 1. The topological polar surface area (TPSA) is 71.3 Å². The third-order valence-electron chi connectivity index (χ3n) is 3.80. The van der Waals surface area contributed by atoms with E-state index in [1.165, 1.54) is 6.08 Å². The molecule has 0 aromatic heterocycles. The number of aryl methyl sites for hydroxylation is 2. The van der Waals surface area contributed by atoms with E-state index < -0.39 is 5.91 Å². The van der Waals surface area contributed by atoms with Crippen molar-refractivity contribution in [1.29, 1.82) is 5.26 Å². The highest BCUT2D eigenvalue weighted by atomic mass is 16.5. The zero-order valence-corrected chi connectivity index (χ0v) is 15.4. The van der Waals surface area contributed by atoms with Crippen LogP contribution in [-0.4, -0.2) is 19.6 Å². The Labute approximate surface area is 153 Å². The first-order valence-corrected chi connectivity index (χ1v) is 8.29. The average Bonchev–Trinajstić information content (AvgIpc) is 2.63. The summed E-state index contributed by atoms with van der Waals surface area (Å²) in [6.07, 6.45) is 1.53. The van der Waals surface area contributed by atoms with E-state index in [4.69, 9.17) is 9.47 Å². The molecule has 1 N–H and O–H groups in total. The van der Waals surface area contributed by atoms with E-state index in [9.17, 15) is 10.1 Å². The summed E-state index contributed by atoms with van der Waals surface area (Å²) in [6, 6.07) is 13.0. The van der Waals surface area contributed by atoms with Crippen molar-refractivity contribution in [2.45, 2.75) is 20.8 Å². The minimum Gasteiger partial charge on any atom is -0.493 e. The van der Waals surface area contributed by atoms with Gasteiger partial charge in [-0.15, -0.1) is 0 Å². The Morgan fingerprint density at radius 2 is 1.96 bits per heavy atom. The number of ether oxygens (including phenoxy) is 2. The third-order valence-corrected chi connectivity index (χ3v) is 3.80. The Balaban J connectivity index is 2.29. The second-order valence-electron chi connectivity index (χ2n) is 5.79. The highest BCUT2D eigenvalue weighted by molar-refractivity contribution is 6.10. The van der Waals surface area contributed by atoms with Crippen LogP contribution in [-0.2, 0) is 4.79 Å². The predicted molar refractivity (Wildman–Crippen MR) is 102 cm³/mol. The summed E-state index contributed by atoms with van der Waals surface area (Å²) in [6.45, 7) is 6.22. The third kappa shape index (κ3) is 4.64. The molecule has 2 aromatic rings. The van der Waals surface area contributed by atoms with Gasteiger partial charge in [0.1, 0.15) is 11.6 Å². The highest BCUT2D eigenvalue weighted by Gasteiger charge is 2.12. The summed E-state index contributed by atoms with van der Waals surface area (Å²) in [5, 5.41) is 12.2. The number of rotatable bonds is 6. The van der Waals surface area contributed by atoms with Gasteiger partial charge in [0.05, 0.1) is 13.7 Å². The molecule has 0 bridgehead atoms. The standard InChI is InChI=1S/C21H22N2O3/c1-5-26-20-12-16(8-9-19(20)25-4)11-17(13-22)21(24)23-18-10-14(2)6-7-15(18)3/h6-12H,5H2,1-4H3,(H,23,24). The lowest BCUT2D eigenvalue weighted by molar-refractivity contribution is -0.112. The molecule has 0 radical (unpaired) electrons. The molecule has 0 unspecified atom stereocenters. The number of nitrogens with one attached hydrogen (secondary N) is 1. The van der Waals surface area contributed by atoms with Crippen LogP contribution in [0.3, 0.4) is 0 Å². The fourth-order valence-electron chi connectivity index (χ4n) is 2.43. The van der Waals surface area contributed by atoms with Crippen LogP contribution in [0.1, 0.15) is 23.6 Å². The Bertz CT molecular complexity index is 879. The van der Waals surface area contributed by atoms with Crippen molar-refractivity contribution in [2.24, 2.45) is 0 Å². The van der Waals surface area contributed by atoms with Crippen LogP contribution in [0.4, 0.5) is 5.69 Å². The molecule has 0 saturated carbocycles. The van der Waals surface area contributed by atoms with Crippen molar-refractivity contribution in [1.82, 2.24) is 0 Å². The first-order chi connectivity index (χ1) is 12.5. The summed E-state index contributed by atoms with van der Waals surface area (Å²) in [5.74, 6) is 0.716. The molecule has 0 aliphatic rings. The van der Waals surface area contributed by atoms with Gasteiger partial charge in [0.2, 0.25) is 0 Å². The molecule has 0 spiro atoms. The predicted octanol–water partition coefficient (Wildman–Crippen LogP) is 4.26. The van der Waals surface area contributed by atoms with Crippen LogP contribution in [0.15, 0.2) is 42.0 Å².